The summed E-state index contributed by atoms with van der Waals surface area (Å²) in [4.78, 5) is 12.6. The summed E-state index contributed by atoms with van der Waals surface area (Å²) in [6.07, 6.45) is 5.74. The Bertz CT molecular complexity index is 364. The topological polar surface area (TPSA) is 26.3 Å². The van der Waals surface area contributed by atoms with Crippen molar-refractivity contribution in [3.8, 4) is 0 Å². The molecule has 2 bridgehead atoms. The van der Waals surface area contributed by atoms with Crippen molar-refractivity contribution in [3.63, 3.8) is 0 Å². The summed E-state index contributed by atoms with van der Waals surface area (Å²) in [6.45, 7) is 12.8. The van der Waals surface area contributed by atoms with E-state index in [2.05, 4.69) is 27.7 Å². The van der Waals surface area contributed by atoms with Crippen LogP contribution in [0.1, 0.15) is 73.6 Å². The molecule has 0 spiro atoms. The van der Waals surface area contributed by atoms with E-state index in [1.807, 2.05) is 13.8 Å². The lowest BCUT2D eigenvalue weighted by Crippen LogP contribution is -2.52. The maximum Gasteiger partial charge on any atom is 0.312 e. The number of ether oxygens (including phenoxy) is 1. The van der Waals surface area contributed by atoms with Crippen LogP contribution in [0.15, 0.2) is 0 Å². The Hall–Kier alpha value is -0.530. The molecule has 0 amide bonds. The highest BCUT2D eigenvalue weighted by atomic mass is 16.6. The van der Waals surface area contributed by atoms with Crippen molar-refractivity contribution in [3.05, 3.63) is 0 Å². The third-order valence-corrected chi connectivity index (χ3v) is 5.77. The Morgan fingerprint density at radius 2 is 1.84 bits per heavy atom. The number of rotatable bonds is 3. The van der Waals surface area contributed by atoms with Crippen LogP contribution >= 0.6 is 0 Å². The highest BCUT2D eigenvalue weighted by molar-refractivity contribution is 5.76. The number of hydrogen-bond acceptors (Lipinski definition) is 2. The summed E-state index contributed by atoms with van der Waals surface area (Å²) in [5.41, 5.74) is -0.550. The molecule has 2 nitrogen and oxygen atoms in total. The normalized spacial score (nSPS) is 34.6. The van der Waals surface area contributed by atoms with E-state index in [9.17, 15) is 4.79 Å². The van der Waals surface area contributed by atoms with Crippen LogP contribution in [0.5, 0.6) is 0 Å². The maximum absolute atomic E-state index is 12.6. The molecule has 0 radical (unpaired) electrons. The molecular formula is C17H30O2. The molecule has 3 unspecified atom stereocenters. The van der Waals surface area contributed by atoms with Gasteiger partial charge in [-0.15, -0.1) is 0 Å². The summed E-state index contributed by atoms with van der Waals surface area (Å²) in [6, 6.07) is 0. The Morgan fingerprint density at radius 3 is 2.21 bits per heavy atom. The van der Waals surface area contributed by atoms with Crippen molar-refractivity contribution in [1.82, 2.24) is 0 Å². The van der Waals surface area contributed by atoms with Crippen molar-refractivity contribution < 1.29 is 9.53 Å². The quantitative estimate of drug-likeness (QED) is 0.699. The van der Waals surface area contributed by atoms with E-state index in [1.165, 1.54) is 19.3 Å². The van der Waals surface area contributed by atoms with Gasteiger partial charge in [0, 0.05) is 5.41 Å². The summed E-state index contributed by atoms with van der Waals surface area (Å²) < 4.78 is 6.21. The molecule has 0 saturated heterocycles. The van der Waals surface area contributed by atoms with E-state index < -0.39 is 0 Å². The number of fused-ring (bicyclic) bond motifs is 2. The largest absolute Gasteiger partial charge is 0.458 e. The molecule has 2 heteroatoms. The van der Waals surface area contributed by atoms with Gasteiger partial charge in [0.05, 0.1) is 5.41 Å². The van der Waals surface area contributed by atoms with Gasteiger partial charge in [-0.25, -0.2) is 0 Å². The predicted octanol–water partition coefficient (Wildman–Crippen LogP) is 4.57. The SMILES string of the molecule is CCC(C)(C)C(=O)OC1(C(C)(C)C)CC2CCC1C2. The first kappa shape index (κ1) is 14.9. The van der Waals surface area contributed by atoms with Gasteiger partial charge in [0.25, 0.3) is 0 Å². The Balaban J connectivity index is 2.25. The van der Waals surface area contributed by atoms with Crippen molar-refractivity contribution in [2.45, 2.75) is 79.2 Å². The first-order valence-corrected chi connectivity index (χ1v) is 7.86. The summed E-state index contributed by atoms with van der Waals surface area (Å²) >= 11 is 0. The average molecular weight is 266 g/mol. The van der Waals surface area contributed by atoms with E-state index >= 15 is 0 Å². The molecule has 0 aromatic carbocycles. The van der Waals surface area contributed by atoms with Gasteiger partial charge >= 0.3 is 5.97 Å². The minimum atomic E-state index is -0.361. The van der Waals surface area contributed by atoms with Gasteiger partial charge in [-0.3, -0.25) is 4.79 Å². The Morgan fingerprint density at radius 1 is 1.21 bits per heavy atom. The fraction of sp³-hybridized carbons (Fsp3) is 0.941. The second kappa shape index (κ2) is 4.49. The molecule has 2 fully saturated rings. The standard InChI is InChI=1S/C17H30O2/c1-7-16(5,6)14(18)19-17(15(2,3)4)11-12-8-9-13(17)10-12/h12-13H,7-11H2,1-6H3. The molecule has 2 rings (SSSR count). The van der Waals surface area contributed by atoms with Crippen LogP contribution < -0.4 is 0 Å². The summed E-state index contributed by atoms with van der Waals surface area (Å²) in [5, 5.41) is 0. The monoisotopic (exact) mass is 266 g/mol. The van der Waals surface area contributed by atoms with Gasteiger partial charge in [-0.1, -0.05) is 27.7 Å². The molecule has 19 heavy (non-hydrogen) atoms. The minimum absolute atomic E-state index is 0.00234. The molecule has 0 aromatic heterocycles. The number of carbonyl (C=O) groups is 1. The molecule has 0 N–H and O–H groups in total. The van der Waals surface area contributed by atoms with Crippen LogP contribution in [0.2, 0.25) is 0 Å². The van der Waals surface area contributed by atoms with E-state index in [-0.39, 0.29) is 22.4 Å². The van der Waals surface area contributed by atoms with Crippen LogP contribution in [-0.2, 0) is 9.53 Å². The number of carbonyl (C=O) groups excluding carboxylic acids is 1. The predicted molar refractivity (Wildman–Crippen MR) is 77.8 cm³/mol. The van der Waals surface area contributed by atoms with E-state index in [0.29, 0.717) is 5.92 Å². The fourth-order valence-corrected chi connectivity index (χ4v) is 3.92. The van der Waals surface area contributed by atoms with E-state index in [1.54, 1.807) is 0 Å². The zero-order valence-corrected chi connectivity index (χ0v) is 13.5. The Labute approximate surface area is 118 Å². The number of esters is 1. The van der Waals surface area contributed by atoms with Crippen LogP contribution in [0.4, 0.5) is 0 Å². The maximum atomic E-state index is 12.6. The van der Waals surface area contributed by atoms with Gasteiger partial charge in [-0.2, -0.15) is 0 Å². The molecule has 0 aromatic rings. The molecule has 2 saturated carbocycles. The van der Waals surface area contributed by atoms with Crippen LogP contribution in [0, 0.1) is 22.7 Å². The first-order valence-electron chi connectivity index (χ1n) is 7.86. The second-order valence-corrected chi connectivity index (χ2v) is 8.35. The van der Waals surface area contributed by atoms with E-state index in [0.717, 1.165) is 18.8 Å². The third-order valence-electron chi connectivity index (χ3n) is 5.77. The third kappa shape index (κ3) is 2.32. The molecule has 3 atom stereocenters. The molecular weight excluding hydrogens is 236 g/mol. The molecule has 0 aliphatic heterocycles. The highest BCUT2D eigenvalue weighted by Gasteiger charge is 2.60. The lowest BCUT2D eigenvalue weighted by Gasteiger charge is -2.48. The first-order chi connectivity index (χ1) is 8.62. The van der Waals surface area contributed by atoms with Crippen LogP contribution in [0.3, 0.4) is 0 Å². The molecule has 0 heterocycles. The van der Waals surface area contributed by atoms with Crippen molar-refractivity contribution >= 4 is 5.97 Å². The van der Waals surface area contributed by atoms with Gasteiger partial charge < -0.3 is 4.74 Å². The van der Waals surface area contributed by atoms with Crippen LogP contribution in [-0.4, -0.2) is 11.6 Å². The lowest BCUT2D eigenvalue weighted by atomic mass is 9.67. The summed E-state index contributed by atoms with van der Waals surface area (Å²) in [7, 11) is 0. The zero-order valence-electron chi connectivity index (χ0n) is 13.5. The van der Waals surface area contributed by atoms with Gasteiger partial charge in [0.1, 0.15) is 5.60 Å². The molecule has 2 aliphatic carbocycles. The van der Waals surface area contributed by atoms with E-state index in [4.69, 9.17) is 4.74 Å². The smallest absolute Gasteiger partial charge is 0.312 e. The fourth-order valence-electron chi connectivity index (χ4n) is 3.92. The Kier molecular flexibility index (Phi) is 3.52. The van der Waals surface area contributed by atoms with Crippen molar-refractivity contribution in [2.24, 2.45) is 22.7 Å². The molecule has 2 aliphatic rings. The van der Waals surface area contributed by atoms with Crippen molar-refractivity contribution in [2.75, 3.05) is 0 Å². The number of hydrogen-bond donors (Lipinski definition) is 0. The second-order valence-electron chi connectivity index (χ2n) is 8.35. The van der Waals surface area contributed by atoms with Gasteiger partial charge in [-0.05, 0) is 57.8 Å². The summed E-state index contributed by atoms with van der Waals surface area (Å²) in [5.74, 6) is 1.35. The van der Waals surface area contributed by atoms with Gasteiger partial charge in [0.2, 0.25) is 0 Å². The highest BCUT2D eigenvalue weighted by Crippen LogP contribution is 2.59. The average Bonchev–Trinajstić information content (AvgIpc) is 2.88. The van der Waals surface area contributed by atoms with Crippen molar-refractivity contribution in [1.29, 1.82) is 0 Å². The lowest BCUT2D eigenvalue weighted by molar-refractivity contribution is -0.194. The van der Waals surface area contributed by atoms with Crippen LogP contribution in [0.25, 0.3) is 0 Å². The minimum Gasteiger partial charge on any atom is -0.458 e. The molecule has 110 valence electrons. The van der Waals surface area contributed by atoms with Gasteiger partial charge in [0.15, 0.2) is 0 Å². The zero-order chi connectivity index (χ0) is 14.5.